The van der Waals surface area contributed by atoms with Gasteiger partial charge in [-0.2, -0.15) is 0 Å². The van der Waals surface area contributed by atoms with E-state index in [0.29, 0.717) is 19.8 Å². The Morgan fingerprint density at radius 1 is 1.43 bits per heavy atom. The van der Waals surface area contributed by atoms with E-state index < -0.39 is 15.9 Å². The van der Waals surface area contributed by atoms with E-state index in [1.807, 2.05) is 0 Å². The van der Waals surface area contributed by atoms with E-state index in [1.165, 1.54) is 31.0 Å². The first kappa shape index (κ1) is 17.6. The number of aromatic nitrogens is 1. The second kappa shape index (κ2) is 7.55. The van der Waals surface area contributed by atoms with Gasteiger partial charge in [-0.1, -0.05) is 0 Å². The number of carbonyl (C=O) groups excluding carboxylic acids is 1. The maximum Gasteiger partial charge on any atom is 0.268 e. The number of nitrogens with one attached hydrogen (secondary N) is 1. The SMILES string of the molecule is COCCn1cc(S(N)(=O)=O)cc1C(=O)NC(C)COC. The average molecular weight is 319 g/mol. The van der Waals surface area contributed by atoms with Gasteiger partial charge < -0.3 is 19.4 Å². The van der Waals surface area contributed by atoms with Gasteiger partial charge in [0.25, 0.3) is 5.91 Å². The maximum atomic E-state index is 12.2. The van der Waals surface area contributed by atoms with Crippen LogP contribution in [0.4, 0.5) is 0 Å². The van der Waals surface area contributed by atoms with Crippen molar-refractivity contribution in [3.05, 3.63) is 18.0 Å². The zero-order chi connectivity index (χ0) is 16.0. The Balaban J connectivity index is 3.02. The lowest BCUT2D eigenvalue weighted by molar-refractivity contribution is 0.0893. The minimum atomic E-state index is -3.87. The van der Waals surface area contributed by atoms with Crippen molar-refractivity contribution in [2.45, 2.75) is 24.4 Å². The van der Waals surface area contributed by atoms with Crippen LogP contribution in [0, 0.1) is 0 Å². The zero-order valence-corrected chi connectivity index (χ0v) is 13.1. The Morgan fingerprint density at radius 3 is 2.62 bits per heavy atom. The van der Waals surface area contributed by atoms with Crippen molar-refractivity contribution in [1.29, 1.82) is 0 Å². The molecule has 1 atom stereocenters. The molecule has 1 unspecified atom stereocenters. The molecule has 120 valence electrons. The van der Waals surface area contributed by atoms with Gasteiger partial charge in [-0.05, 0) is 13.0 Å². The number of nitrogens with two attached hydrogens (primary N) is 1. The Kier molecular flexibility index (Phi) is 6.34. The molecule has 0 aliphatic rings. The number of hydrogen-bond donors (Lipinski definition) is 2. The van der Waals surface area contributed by atoms with Crippen LogP contribution < -0.4 is 10.5 Å². The first-order valence-electron chi connectivity index (χ1n) is 6.31. The quantitative estimate of drug-likeness (QED) is 0.673. The van der Waals surface area contributed by atoms with Crippen LogP contribution in [0.2, 0.25) is 0 Å². The molecule has 8 nitrogen and oxygen atoms in total. The molecule has 1 amide bonds. The van der Waals surface area contributed by atoms with E-state index in [4.69, 9.17) is 14.6 Å². The molecular weight excluding hydrogens is 298 g/mol. The van der Waals surface area contributed by atoms with Gasteiger partial charge in [-0.3, -0.25) is 4.79 Å². The topological polar surface area (TPSA) is 113 Å². The molecule has 0 aliphatic heterocycles. The average Bonchev–Trinajstić information content (AvgIpc) is 2.80. The van der Waals surface area contributed by atoms with Gasteiger partial charge in [0.15, 0.2) is 0 Å². The van der Waals surface area contributed by atoms with E-state index in [0.717, 1.165) is 0 Å². The third-order valence-corrected chi connectivity index (χ3v) is 3.64. The smallest absolute Gasteiger partial charge is 0.268 e. The molecule has 0 saturated carbocycles. The van der Waals surface area contributed by atoms with Crippen LogP contribution in [0.15, 0.2) is 17.2 Å². The predicted molar refractivity (Wildman–Crippen MR) is 76.5 cm³/mol. The highest BCUT2D eigenvalue weighted by Crippen LogP contribution is 2.13. The standard InChI is InChI=1S/C12H21N3O5S/c1-9(8-20-3)14-12(16)11-6-10(21(13,17)18)7-15(11)4-5-19-2/h6-7,9H,4-5,8H2,1-3H3,(H,14,16)(H2,13,17,18). The number of carbonyl (C=O) groups is 1. The van der Waals surface area contributed by atoms with Gasteiger partial charge >= 0.3 is 0 Å². The second-order valence-corrected chi connectivity index (χ2v) is 6.18. The molecule has 0 aromatic carbocycles. The van der Waals surface area contributed by atoms with E-state index in [1.54, 1.807) is 6.92 Å². The monoisotopic (exact) mass is 319 g/mol. The molecule has 0 bridgehead atoms. The van der Waals surface area contributed by atoms with Gasteiger partial charge in [0.1, 0.15) is 10.6 Å². The summed E-state index contributed by atoms with van der Waals surface area (Å²) in [7, 11) is -0.819. The highest BCUT2D eigenvalue weighted by Gasteiger charge is 2.20. The summed E-state index contributed by atoms with van der Waals surface area (Å²) in [4.78, 5) is 12.1. The van der Waals surface area contributed by atoms with Gasteiger partial charge in [0, 0.05) is 33.0 Å². The summed E-state index contributed by atoms with van der Waals surface area (Å²) in [5.41, 5.74) is 0.207. The summed E-state index contributed by atoms with van der Waals surface area (Å²) in [6, 6.07) is 1.05. The van der Waals surface area contributed by atoms with Crippen molar-refractivity contribution in [2.75, 3.05) is 27.4 Å². The number of methoxy groups -OCH3 is 2. The molecule has 1 heterocycles. The fourth-order valence-corrected chi connectivity index (χ4v) is 2.34. The normalized spacial score (nSPS) is 13.1. The summed E-state index contributed by atoms with van der Waals surface area (Å²) in [5.74, 6) is -0.398. The molecule has 9 heteroatoms. The lowest BCUT2D eigenvalue weighted by atomic mass is 10.3. The van der Waals surface area contributed by atoms with Crippen molar-refractivity contribution in [3.8, 4) is 0 Å². The molecule has 0 fully saturated rings. The van der Waals surface area contributed by atoms with Crippen molar-refractivity contribution < 1.29 is 22.7 Å². The third-order valence-electron chi connectivity index (χ3n) is 2.76. The highest BCUT2D eigenvalue weighted by atomic mass is 32.2. The van der Waals surface area contributed by atoms with Gasteiger partial charge in [0.2, 0.25) is 10.0 Å². The molecule has 1 aromatic heterocycles. The molecule has 21 heavy (non-hydrogen) atoms. The Morgan fingerprint density at radius 2 is 2.10 bits per heavy atom. The van der Waals surface area contributed by atoms with Crippen LogP contribution >= 0.6 is 0 Å². The summed E-state index contributed by atoms with van der Waals surface area (Å²) < 4.78 is 34.2. The largest absolute Gasteiger partial charge is 0.383 e. The molecule has 0 spiro atoms. The minimum absolute atomic E-state index is 0.108. The maximum absolute atomic E-state index is 12.2. The predicted octanol–water partition coefficient (Wildman–Crippen LogP) is -0.453. The third kappa shape index (κ3) is 5.12. The number of rotatable bonds is 8. The molecule has 0 radical (unpaired) electrons. The number of primary sulfonamides is 1. The number of nitrogens with zero attached hydrogens (tertiary/aromatic N) is 1. The Labute approximate surface area is 124 Å². The summed E-state index contributed by atoms with van der Waals surface area (Å²) in [6.45, 7) is 2.82. The van der Waals surface area contributed by atoms with Crippen LogP contribution in [-0.4, -0.2) is 52.4 Å². The fourth-order valence-electron chi connectivity index (χ4n) is 1.79. The summed E-state index contributed by atoms with van der Waals surface area (Å²) in [5, 5.41) is 7.81. The molecule has 3 N–H and O–H groups in total. The molecular formula is C12H21N3O5S. The van der Waals surface area contributed by atoms with E-state index in [9.17, 15) is 13.2 Å². The molecule has 0 saturated heterocycles. The van der Waals surface area contributed by atoms with E-state index in [2.05, 4.69) is 5.32 Å². The van der Waals surface area contributed by atoms with Crippen molar-refractivity contribution in [2.24, 2.45) is 5.14 Å². The van der Waals surface area contributed by atoms with Crippen LogP contribution in [0.1, 0.15) is 17.4 Å². The summed E-state index contributed by atoms with van der Waals surface area (Å²) in [6.07, 6.45) is 1.32. The first-order valence-corrected chi connectivity index (χ1v) is 7.86. The van der Waals surface area contributed by atoms with Gasteiger partial charge in [-0.15, -0.1) is 0 Å². The fraction of sp³-hybridized carbons (Fsp3) is 0.583. The van der Waals surface area contributed by atoms with E-state index in [-0.39, 0.29) is 16.6 Å². The Hall–Kier alpha value is -1.42. The number of amides is 1. The van der Waals surface area contributed by atoms with Crippen LogP contribution in [0.3, 0.4) is 0 Å². The van der Waals surface area contributed by atoms with Gasteiger partial charge in [0.05, 0.1) is 13.2 Å². The lowest BCUT2D eigenvalue weighted by Crippen LogP contribution is -2.36. The molecule has 1 rings (SSSR count). The molecule has 0 aliphatic carbocycles. The highest BCUT2D eigenvalue weighted by molar-refractivity contribution is 7.89. The van der Waals surface area contributed by atoms with Crippen LogP contribution in [0.5, 0.6) is 0 Å². The summed E-state index contributed by atoms with van der Waals surface area (Å²) >= 11 is 0. The second-order valence-electron chi connectivity index (χ2n) is 4.62. The molecule has 1 aromatic rings. The number of ether oxygens (including phenoxy) is 2. The minimum Gasteiger partial charge on any atom is -0.383 e. The lowest BCUT2D eigenvalue weighted by Gasteiger charge is -2.14. The zero-order valence-electron chi connectivity index (χ0n) is 12.3. The van der Waals surface area contributed by atoms with Crippen molar-refractivity contribution >= 4 is 15.9 Å². The number of sulfonamides is 1. The van der Waals surface area contributed by atoms with Gasteiger partial charge in [-0.25, -0.2) is 13.6 Å². The van der Waals surface area contributed by atoms with Crippen molar-refractivity contribution in [3.63, 3.8) is 0 Å². The Bertz CT molecular complexity index is 582. The number of hydrogen-bond acceptors (Lipinski definition) is 5. The van der Waals surface area contributed by atoms with Crippen molar-refractivity contribution in [1.82, 2.24) is 9.88 Å². The van der Waals surface area contributed by atoms with Crippen LogP contribution in [-0.2, 0) is 26.0 Å². The first-order chi connectivity index (χ1) is 9.79. The van der Waals surface area contributed by atoms with E-state index >= 15 is 0 Å². The van der Waals surface area contributed by atoms with Crippen LogP contribution in [0.25, 0.3) is 0 Å².